The molecule has 0 aliphatic carbocycles. The maximum atomic E-state index is 13.2. The van der Waals surface area contributed by atoms with Gasteiger partial charge in [0.05, 0.1) is 40.5 Å². The van der Waals surface area contributed by atoms with Gasteiger partial charge in [-0.3, -0.25) is 24.7 Å². The Morgan fingerprint density at radius 1 is 1.06 bits per heavy atom. The molecule has 0 spiro atoms. The zero-order chi connectivity index (χ0) is 24.9. The number of nitrogens with one attached hydrogen (secondary N) is 1. The second-order valence-electron chi connectivity index (χ2n) is 7.47. The van der Waals surface area contributed by atoms with Gasteiger partial charge in [-0.1, -0.05) is 18.2 Å². The van der Waals surface area contributed by atoms with Gasteiger partial charge in [-0.05, 0) is 37.3 Å². The maximum absolute atomic E-state index is 13.2. The second kappa shape index (κ2) is 9.96. The summed E-state index contributed by atoms with van der Waals surface area (Å²) in [5.74, 6) is -1.57. The first-order chi connectivity index (χ1) is 16.9. The van der Waals surface area contributed by atoms with E-state index in [-0.39, 0.29) is 47.1 Å². The monoisotopic (exact) mass is 472 g/mol. The number of nitro groups is 1. The summed E-state index contributed by atoms with van der Waals surface area (Å²) in [4.78, 5) is 53.3. The Labute approximate surface area is 199 Å². The number of ether oxygens (including phenoxy) is 1. The number of hydrogen-bond acceptors (Lipinski definition) is 7. The number of amides is 1. The van der Waals surface area contributed by atoms with Crippen LogP contribution in [-0.2, 0) is 11.3 Å². The molecular weight excluding hydrogens is 452 g/mol. The summed E-state index contributed by atoms with van der Waals surface area (Å²) in [5.41, 5.74) is 1.31. The highest BCUT2D eigenvalue weighted by Crippen LogP contribution is 2.24. The standard InChI is InChI=1S/C25H20N4O6/c1-2-35-25(32)20-14-22(23(30)16-6-5-8-19(12-16)29(33)34)28-11-9-17(13-21(20)28)24(31)27-15-18-7-3-4-10-26-18/h3-14H,2,15H2,1H3,(H,27,31). The van der Waals surface area contributed by atoms with Crippen LogP contribution in [0.15, 0.2) is 73.1 Å². The molecule has 176 valence electrons. The summed E-state index contributed by atoms with van der Waals surface area (Å²) in [7, 11) is 0. The fourth-order valence-corrected chi connectivity index (χ4v) is 3.57. The molecule has 0 unspecified atom stereocenters. The van der Waals surface area contributed by atoms with E-state index in [1.807, 2.05) is 6.07 Å². The predicted molar refractivity (Wildman–Crippen MR) is 125 cm³/mol. The van der Waals surface area contributed by atoms with Crippen LogP contribution >= 0.6 is 0 Å². The molecule has 0 fully saturated rings. The number of benzene rings is 1. The number of aromatic nitrogens is 2. The van der Waals surface area contributed by atoms with Crippen LogP contribution in [0.2, 0.25) is 0 Å². The van der Waals surface area contributed by atoms with Gasteiger partial charge in [0.2, 0.25) is 5.78 Å². The van der Waals surface area contributed by atoms with Gasteiger partial charge in [-0.25, -0.2) is 4.79 Å². The molecule has 3 heterocycles. The Hall–Kier alpha value is -4.86. The van der Waals surface area contributed by atoms with Gasteiger partial charge in [0.25, 0.3) is 11.6 Å². The summed E-state index contributed by atoms with van der Waals surface area (Å²) < 4.78 is 6.59. The van der Waals surface area contributed by atoms with E-state index in [9.17, 15) is 24.5 Å². The number of fused-ring (bicyclic) bond motifs is 1. The Morgan fingerprint density at radius 2 is 1.89 bits per heavy atom. The topological polar surface area (TPSA) is 133 Å². The zero-order valence-electron chi connectivity index (χ0n) is 18.6. The van der Waals surface area contributed by atoms with Crippen molar-refractivity contribution in [1.82, 2.24) is 14.7 Å². The SMILES string of the molecule is CCOC(=O)c1cc(C(=O)c2cccc([N+](=O)[O-])c2)n2ccc(C(=O)NCc3ccccn3)cc12. The van der Waals surface area contributed by atoms with E-state index in [1.54, 1.807) is 25.3 Å². The van der Waals surface area contributed by atoms with E-state index in [1.165, 1.54) is 53.1 Å². The van der Waals surface area contributed by atoms with Crippen molar-refractivity contribution in [3.05, 3.63) is 111 Å². The number of hydrogen-bond donors (Lipinski definition) is 1. The number of esters is 1. The summed E-state index contributed by atoms with van der Waals surface area (Å²) in [5, 5.41) is 13.9. The first-order valence-corrected chi connectivity index (χ1v) is 10.7. The molecule has 4 aromatic rings. The molecule has 1 amide bonds. The number of non-ortho nitro benzene ring substituents is 1. The van der Waals surface area contributed by atoms with Crippen molar-refractivity contribution in [2.75, 3.05) is 6.61 Å². The normalized spacial score (nSPS) is 10.7. The quantitative estimate of drug-likeness (QED) is 0.179. The van der Waals surface area contributed by atoms with Crippen molar-refractivity contribution in [3.63, 3.8) is 0 Å². The van der Waals surface area contributed by atoms with E-state index in [0.717, 1.165) is 0 Å². The third-order valence-electron chi connectivity index (χ3n) is 5.24. The molecule has 4 rings (SSSR count). The smallest absolute Gasteiger partial charge is 0.340 e. The van der Waals surface area contributed by atoms with Crippen LogP contribution < -0.4 is 5.32 Å². The molecule has 35 heavy (non-hydrogen) atoms. The van der Waals surface area contributed by atoms with Crippen LogP contribution in [0.25, 0.3) is 5.52 Å². The number of carbonyl (C=O) groups is 3. The lowest BCUT2D eigenvalue weighted by molar-refractivity contribution is -0.384. The van der Waals surface area contributed by atoms with Crippen molar-refractivity contribution in [3.8, 4) is 0 Å². The lowest BCUT2D eigenvalue weighted by Crippen LogP contribution is -2.23. The minimum absolute atomic E-state index is 0.0891. The fraction of sp³-hybridized carbons (Fsp3) is 0.120. The number of pyridine rings is 2. The van der Waals surface area contributed by atoms with Crippen LogP contribution in [-0.4, -0.2) is 38.6 Å². The molecule has 0 saturated heterocycles. The number of ketones is 1. The number of nitrogens with zero attached hydrogens (tertiary/aromatic N) is 3. The number of nitro benzene ring substituents is 1. The molecule has 1 aromatic carbocycles. The van der Waals surface area contributed by atoms with E-state index in [4.69, 9.17) is 4.74 Å². The molecule has 0 bridgehead atoms. The van der Waals surface area contributed by atoms with E-state index < -0.39 is 16.7 Å². The van der Waals surface area contributed by atoms with Gasteiger partial charge in [-0.2, -0.15) is 0 Å². The van der Waals surface area contributed by atoms with Gasteiger partial charge in [0, 0.05) is 35.7 Å². The van der Waals surface area contributed by atoms with Crippen LogP contribution in [0.5, 0.6) is 0 Å². The summed E-state index contributed by atoms with van der Waals surface area (Å²) in [6.07, 6.45) is 3.12. The van der Waals surface area contributed by atoms with Gasteiger partial charge in [-0.15, -0.1) is 0 Å². The molecule has 3 aromatic heterocycles. The van der Waals surface area contributed by atoms with Crippen molar-refractivity contribution < 1.29 is 24.0 Å². The molecule has 10 nitrogen and oxygen atoms in total. The average Bonchev–Trinajstić information content (AvgIpc) is 3.26. The van der Waals surface area contributed by atoms with Gasteiger partial charge >= 0.3 is 5.97 Å². The molecule has 0 atom stereocenters. The molecule has 1 N–H and O–H groups in total. The highest BCUT2D eigenvalue weighted by atomic mass is 16.6. The molecular formula is C25H20N4O6. The van der Waals surface area contributed by atoms with E-state index in [2.05, 4.69) is 10.3 Å². The number of rotatable bonds is 8. The third kappa shape index (κ3) is 4.91. The Balaban J connectivity index is 1.72. The largest absolute Gasteiger partial charge is 0.462 e. The highest BCUT2D eigenvalue weighted by Gasteiger charge is 2.23. The van der Waals surface area contributed by atoms with Crippen molar-refractivity contribution >= 4 is 28.9 Å². The zero-order valence-corrected chi connectivity index (χ0v) is 18.6. The summed E-state index contributed by atoms with van der Waals surface area (Å²) in [6.45, 7) is 1.99. The first kappa shape index (κ1) is 23.3. The third-order valence-corrected chi connectivity index (χ3v) is 5.24. The lowest BCUT2D eigenvalue weighted by Gasteiger charge is -2.08. The van der Waals surface area contributed by atoms with E-state index in [0.29, 0.717) is 11.2 Å². The van der Waals surface area contributed by atoms with Crippen molar-refractivity contribution in [2.45, 2.75) is 13.5 Å². The van der Waals surface area contributed by atoms with Gasteiger partial charge < -0.3 is 14.5 Å². The van der Waals surface area contributed by atoms with Gasteiger partial charge in [0.1, 0.15) is 0 Å². The fourth-order valence-electron chi connectivity index (χ4n) is 3.57. The van der Waals surface area contributed by atoms with Crippen molar-refractivity contribution in [2.24, 2.45) is 0 Å². The predicted octanol–water partition coefficient (Wildman–Crippen LogP) is 3.58. The lowest BCUT2D eigenvalue weighted by atomic mass is 10.1. The average molecular weight is 472 g/mol. The molecule has 0 aliphatic rings. The van der Waals surface area contributed by atoms with Crippen LogP contribution in [0.3, 0.4) is 0 Å². The maximum Gasteiger partial charge on any atom is 0.340 e. The number of carbonyl (C=O) groups excluding carboxylic acids is 3. The second-order valence-corrected chi connectivity index (χ2v) is 7.47. The molecule has 10 heteroatoms. The minimum atomic E-state index is -0.658. The van der Waals surface area contributed by atoms with Crippen LogP contribution in [0.1, 0.15) is 49.4 Å². The van der Waals surface area contributed by atoms with Crippen LogP contribution in [0, 0.1) is 10.1 Å². The Bertz CT molecular complexity index is 1450. The highest BCUT2D eigenvalue weighted by molar-refractivity contribution is 6.12. The summed E-state index contributed by atoms with van der Waals surface area (Å²) >= 11 is 0. The molecule has 0 radical (unpaired) electrons. The van der Waals surface area contributed by atoms with Crippen molar-refractivity contribution in [1.29, 1.82) is 0 Å². The molecule has 0 aliphatic heterocycles. The van der Waals surface area contributed by atoms with Crippen LogP contribution in [0.4, 0.5) is 5.69 Å². The minimum Gasteiger partial charge on any atom is -0.462 e. The van der Waals surface area contributed by atoms with Gasteiger partial charge in [0.15, 0.2) is 0 Å². The first-order valence-electron chi connectivity index (χ1n) is 10.7. The summed E-state index contributed by atoms with van der Waals surface area (Å²) in [6, 6.07) is 15.1. The Kier molecular flexibility index (Phi) is 6.63. The molecule has 0 saturated carbocycles. The van der Waals surface area contributed by atoms with E-state index >= 15 is 0 Å². The Morgan fingerprint density at radius 3 is 2.60 bits per heavy atom.